The number of hydrogen-bond acceptors (Lipinski definition) is 4. The van der Waals surface area contributed by atoms with Crippen LogP contribution in [-0.2, 0) is 18.8 Å². The molecule has 2 aliphatic rings. The molecule has 0 amide bonds. The molecule has 1 saturated heterocycles. The summed E-state index contributed by atoms with van der Waals surface area (Å²) >= 11 is 0. The lowest BCUT2D eigenvalue weighted by Crippen LogP contribution is -2.41. The Kier molecular flexibility index (Phi) is 5.57. The smallest absolute Gasteiger partial charge is 0.466 e. The van der Waals surface area contributed by atoms with Gasteiger partial charge in [-0.2, -0.15) is 0 Å². The molecule has 6 heteroatoms. The molecule has 1 aliphatic heterocycles. The van der Waals surface area contributed by atoms with Crippen molar-refractivity contribution < 1.29 is 23.2 Å². The van der Waals surface area contributed by atoms with E-state index in [0.717, 1.165) is 18.4 Å². The SMILES string of the molecule is CCOC(=O)CC1CCC(=C(F)B2OC(C)(C)C(C)(C)O2)CC1. The minimum atomic E-state index is -0.906. The summed E-state index contributed by atoms with van der Waals surface area (Å²) in [5, 5.41) is 0. The molecule has 0 bridgehead atoms. The summed E-state index contributed by atoms with van der Waals surface area (Å²) in [7, 11) is -0.906. The lowest BCUT2D eigenvalue weighted by Gasteiger charge is -2.32. The highest BCUT2D eigenvalue weighted by Gasteiger charge is 2.53. The molecule has 0 unspecified atom stereocenters. The zero-order chi connectivity index (χ0) is 17.3. The number of hydrogen-bond donors (Lipinski definition) is 0. The van der Waals surface area contributed by atoms with Crippen LogP contribution in [0, 0.1) is 5.92 Å². The zero-order valence-electron chi connectivity index (χ0n) is 14.9. The van der Waals surface area contributed by atoms with E-state index in [-0.39, 0.29) is 17.6 Å². The van der Waals surface area contributed by atoms with E-state index in [4.69, 9.17) is 14.0 Å². The van der Waals surface area contributed by atoms with Gasteiger partial charge >= 0.3 is 13.1 Å². The first-order valence-electron chi connectivity index (χ1n) is 8.55. The molecular weight excluding hydrogens is 298 g/mol. The second kappa shape index (κ2) is 6.93. The second-order valence-corrected chi connectivity index (χ2v) is 7.49. The number of ether oxygens (including phenoxy) is 1. The fourth-order valence-electron chi connectivity index (χ4n) is 3.04. The molecule has 1 saturated carbocycles. The van der Waals surface area contributed by atoms with E-state index in [1.54, 1.807) is 6.92 Å². The number of esters is 1. The van der Waals surface area contributed by atoms with Crippen molar-refractivity contribution in [1.82, 2.24) is 0 Å². The van der Waals surface area contributed by atoms with Crippen molar-refractivity contribution in [2.24, 2.45) is 5.92 Å². The van der Waals surface area contributed by atoms with Gasteiger partial charge in [0, 0.05) is 6.42 Å². The molecule has 23 heavy (non-hydrogen) atoms. The summed E-state index contributed by atoms with van der Waals surface area (Å²) in [5.74, 6) is 0.125. The van der Waals surface area contributed by atoms with Crippen LogP contribution in [-0.4, -0.2) is 30.9 Å². The van der Waals surface area contributed by atoms with Crippen LogP contribution in [0.15, 0.2) is 11.3 Å². The van der Waals surface area contributed by atoms with Crippen LogP contribution in [0.4, 0.5) is 4.39 Å². The van der Waals surface area contributed by atoms with Gasteiger partial charge in [0.05, 0.1) is 17.8 Å². The van der Waals surface area contributed by atoms with Crippen molar-refractivity contribution in [3.05, 3.63) is 11.3 Å². The third kappa shape index (κ3) is 4.15. The third-order valence-electron chi connectivity index (χ3n) is 5.27. The van der Waals surface area contributed by atoms with E-state index in [2.05, 4.69) is 0 Å². The fraction of sp³-hybridized carbons (Fsp3) is 0.824. The molecular formula is C17H28BFO4. The summed E-state index contributed by atoms with van der Waals surface area (Å²) in [5.41, 5.74) is -0.574. The van der Waals surface area contributed by atoms with Crippen LogP contribution >= 0.6 is 0 Å². The quantitative estimate of drug-likeness (QED) is 0.579. The van der Waals surface area contributed by atoms with Gasteiger partial charge in [0.25, 0.3) is 0 Å². The summed E-state index contributed by atoms with van der Waals surface area (Å²) in [4.78, 5) is 11.5. The van der Waals surface area contributed by atoms with Crippen LogP contribution < -0.4 is 0 Å². The molecule has 0 radical (unpaired) electrons. The maximum atomic E-state index is 14.7. The van der Waals surface area contributed by atoms with Gasteiger partial charge in [-0.25, -0.2) is 4.39 Å². The molecule has 1 aliphatic carbocycles. The molecule has 0 aromatic rings. The molecule has 0 N–H and O–H groups in total. The van der Waals surface area contributed by atoms with Crippen LogP contribution in [0.5, 0.6) is 0 Å². The molecule has 0 spiro atoms. The second-order valence-electron chi connectivity index (χ2n) is 7.49. The average molecular weight is 326 g/mol. The minimum absolute atomic E-state index is 0.156. The highest BCUT2D eigenvalue weighted by atomic mass is 19.1. The summed E-state index contributed by atoms with van der Waals surface area (Å²) < 4.78 is 31.3. The van der Waals surface area contributed by atoms with Crippen LogP contribution in [0.3, 0.4) is 0 Å². The first-order chi connectivity index (χ1) is 10.7. The Bertz CT molecular complexity index is 461. The Balaban J connectivity index is 1.93. The molecule has 4 nitrogen and oxygen atoms in total. The summed E-state index contributed by atoms with van der Waals surface area (Å²) in [6.07, 6.45) is 3.35. The number of halogens is 1. The van der Waals surface area contributed by atoms with E-state index in [1.807, 2.05) is 27.7 Å². The monoisotopic (exact) mass is 326 g/mol. The molecule has 2 fully saturated rings. The minimum Gasteiger partial charge on any atom is -0.466 e. The van der Waals surface area contributed by atoms with Gasteiger partial charge in [-0.1, -0.05) is 0 Å². The van der Waals surface area contributed by atoms with E-state index in [0.29, 0.717) is 25.9 Å². The van der Waals surface area contributed by atoms with E-state index >= 15 is 0 Å². The van der Waals surface area contributed by atoms with E-state index in [1.165, 1.54) is 0 Å². The molecule has 2 rings (SSSR count). The van der Waals surface area contributed by atoms with Crippen molar-refractivity contribution in [2.45, 2.75) is 77.9 Å². The van der Waals surface area contributed by atoms with Crippen molar-refractivity contribution >= 4 is 13.1 Å². The largest absolute Gasteiger partial charge is 0.525 e. The molecule has 0 atom stereocenters. The number of carbonyl (C=O) groups excluding carboxylic acids is 1. The molecule has 0 aromatic carbocycles. The Morgan fingerprint density at radius 2 is 1.74 bits per heavy atom. The Morgan fingerprint density at radius 1 is 1.22 bits per heavy atom. The van der Waals surface area contributed by atoms with Crippen molar-refractivity contribution in [3.8, 4) is 0 Å². The molecule has 130 valence electrons. The predicted octanol–water partition coefficient (Wildman–Crippen LogP) is 3.98. The van der Waals surface area contributed by atoms with E-state index < -0.39 is 18.3 Å². The van der Waals surface area contributed by atoms with Gasteiger partial charge in [-0.05, 0) is 71.8 Å². The Morgan fingerprint density at radius 3 is 2.22 bits per heavy atom. The number of allylic oxidation sites excluding steroid dienone is 1. The van der Waals surface area contributed by atoms with Gasteiger partial charge in [0.2, 0.25) is 0 Å². The predicted molar refractivity (Wildman–Crippen MR) is 87.4 cm³/mol. The van der Waals surface area contributed by atoms with Gasteiger partial charge in [0.15, 0.2) is 0 Å². The Labute approximate surface area is 138 Å². The standard InChI is InChI=1S/C17H28BFO4/c1-6-21-14(20)11-12-7-9-13(10-8-12)15(19)18-22-16(2,3)17(4,5)23-18/h12H,6-11H2,1-5H3. The van der Waals surface area contributed by atoms with Crippen LogP contribution in [0.25, 0.3) is 0 Å². The van der Waals surface area contributed by atoms with Gasteiger partial charge in [0.1, 0.15) is 5.73 Å². The lowest BCUT2D eigenvalue weighted by molar-refractivity contribution is -0.144. The fourth-order valence-corrected chi connectivity index (χ4v) is 3.04. The highest BCUT2D eigenvalue weighted by Crippen LogP contribution is 2.41. The number of carbonyl (C=O) groups is 1. The number of rotatable bonds is 4. The first kappa shape index (κ1) is 18.5. The molecule has 0 aromatic heterocycles. The lowest BCUT2D eigenvalue weighted by atomic mass is 9.77. The summed E-state index contributed by atoms with van der Waals surface area (Å²) in [6, 6.07) is 0. The van der Waals surface area contributed by atoms with E-state index in [9.17, 15) is 9.18 Å². The van der Waals surface area contributed by atoms with Crippen molar-refractivity contribution in [3.63, 3.8) is 0 Å². The summed E-state index contributed by atoms with van der Waals surface area (Å²) in [6.45, 7) is 9.89. The zero-order valence-corrected chi connectivity index (χ0v) is 14.9. The van der Waals surface area contributed by atoms with Gasteiger partial charge < -0.3 is 14.0 Å². The third-order valence-corrected chi connectivity index (χ3v) is 5.27. The Hall–Kier alpha value is -0.875. The highest BCUT2D eigenvalue weighted by molar-refractivity contribution is 6.53. The van der Waals surface area contributed by atoms with Crippen molar-refractivity contribution in [2.75, 3.05) is 6.61 Å². The average Bonchev–Trinajstić information content (AvgIpc) is 2.68. The van der Waals surface area contributed by atoms with Crippen LogP contribution in [0.1, 0.15) is 66.7 Å². The first-order valence-corrected chi connectivity index (χ1v) is 8.55. The van der Waals surface area contributed by atoms with Crippen molar-refractivity contribution in [1.29, 1.82) is 0 Å². The molecule has 1 heterocycles. The topological polar surface area (TPSA) is 44.8 Å². The van der Waals surface area contributed by atoms with Gasteiger partial charge in [-0.15, -0.1) is 0 Å². The maximum absolute atomic E-state index is 14.7. The maximum Gasteiger partial charge on any atom is 0.525 e. The van der Waals surface area contributed by atoms with Gasteiger partial charge in [-0.3, -0.25) is 4.79 Å². The normalized spacial score (nSPS) is 26.3. The van der Waals surface area contributed by atoms with Crippen LogP contribution in [0.2, 0.25) is 0 Å².